The van der Waals surface area contributed by atoms with Crippen molar-refractivity contribution in [1.29, 1.82) is 0 Å². The Morgan fingerprint density at radius 1 is 0.478 bits per heavy atom. The van der Waals surface area contributed by atoms with E-state index in [0.29, 0.717) is 97.9 Å². The quantitative estimate of drug-likeness (QED) is 0.0152. The number of nitrogens with zero attached hydrogens (tertiary/aromatic N) is 14. The maximum atomic E-state index is 13.5. The first-order valence-electron chi connectivity index (χ1n) is 34.2. The van der Waals surface area contributed by atoms with E-state index >= 15 is 0 Å². The second kappa shape index (κ2) is 60.3. The van der Waals surface area contributed by atoms with E-state index in [1.54, 1.807) is 62.0 Å². The number of aryl methyl sites for hydroxylation is 15. The molecule has 0 saturated heterocycles. The van der Waals surface area contributed by atoms with E-state index in [1.165, 1.54) is 51.3 Å². The number of hydrogen-bond donors (Lipinski definition) is 0. The van der Waals surface area contributed by atoms with Crippen molar-refractivity contribution in [2.75, 3.05) is 39.6 Å². The van der Waals surface area contributed by atoms with E-state index in [1.807, 2.05) is 128 Å². The van der Waals surface area contributed by atoms with E-state index in [-0.39, 0.29) is 49.1 Å². The molecular weight excluding hydrogens is 1820 g/mol. The SMILES string of the molecule is CCOC(=O)C(F)(F)c1nc(C)sc1C.CCOC(=O)Cc1csc(C)n1.CCOC(=O)Cc1nc(C)sc1C.Cc1c(CCOC=O)nn(C)c1C.Cc1c(I)c(CCOC=O)nn1C.Cc1cc(CCOC=O)nn1C.Cc1nc(C(F)F)c(C)s1.Cc1nn(C)c(C)c1C.Cc1nn(C)c(C)c1I.O=C=O.O=C=O.O=C=O. The molecule has 0 unspecified atom stereocenters. The zero-order chi connectivity index (χ0) is 89.0. The monoisotopic (exact) mass is 1920 g/mol. The number of alkyl halides is 4. The highest BCUT2D eigenvalue weighted by Crippen LogP contribution is 2.34. The Hall–Kier alpha value is -9.29. The van der Waals surface area contributed by atoms with Gasteiger partial charge in [0.15, 0.2) is 0 Å². The second-order valence-electron chi connectivity index (χ2n) is 23.0. The first-order chi connectivity index (χ1) is 53.9. The molecule has 0 saturated carbocycles. The van der Waals surface area contributed by atoms with Crippen LogP contribution in [0, 0.1) is 118 Å². The summed E-state index contributed by atoms with van der Waals surface area (Å²) < 4.78 is 90.3. The third-order valence-corrected chi connectivity index (χ3v) is 21.4. The Morgan fingerprint density at radius 2 is 0.896 bits per heavy atom. The summed E-state index contributed by atoms with van der Waals surface area (Å²) in [6.45, 7) is 39.1. The lowest BCUT2D eigenvalue weighted by molar-refractivity contribution is -0.193. The minimum atomic E-state index is -3.65. The molecule has 0 atom stereocenters. The Labute approximate surface area is 708 Å². The number of hydrogen-bond acceptors (Lipinski definition) is 31. The van der Waals surface area contributed by atoms with E-state index in [2.05, 4.69) is 130 Å². The van der Waals surface area contributed by atoms with Gasteiger partial charge in [0.2, 0.25) is 0 Å². The molecule has 9 rings (SSSR count). The van der Waals surface area contributed by atoms with Crippen LogP contribution in [0.25, 0.3) is 0 Å². The molecule has 0 N–H and O–H groups in total. The average Bonchev–Trinajstić information content (AvgIpc) is 1.70. The maximum Gasteiger partial charge on any atom is 0.385 e. The lowest BCUT2D eigenvalue weighted by Gasteiger charge is -2.12. The van der Waals surface area contributed by atoms with Crippen LogP contribution in [-0.4, -0.2) is 164 Å². The molecule has 32 nitrogen and oxygen atoms in total. The minimum Gasteiger partial charge on any atom is -0.467 e. The van der Waals surface area contributed by atoms with Crippen LogP contribution < -0.4 is 0 Å². The molecule has 0 aliphatic rings. The summed E-state index contributed by atoms with van der Waals surface area (Å²) in [6, 6.07) is 1.98. The van der Waals surface area contributed by atoms with Crippen LogP contribution in [-0.2, 0) is 159 Å². The largest absolute Gasteiger partial charge is 0.467 e. The van der Waals surface area contributed by atoms with Gasteiger partial charge in [-0.05, 0) is 194 Å². The van der Waals surface area contributed by atoms with Crippen LogP contribution in [0.4, 0.5) is 17.6 Å². The van der Waals surface area contributed by atoms with Gasteiger partial charge in [0.25, 0.3) is 25.8 Å². The number of halogens is 6. The van der Waals surface area contributed by atoms with Gasteiger partial charge in [0.1, 0.15) is 11.4 Å². The normalized spacial score (nSPS) is 9.73. The fourth-order valence-electron chi connectivity index (χ4n) is 8.65. The summed E-state index contributed by atoms with van der Waals surface area (Å²) in [6.07, 6.45) is 0.957. The fourth-order valence-corrected chi connectivity index (χ4v) is 13.0. The summed E-state index contributed by atoms with van der Waals surface area (Å²) in [5, 5.41) is 26.3. The fraction of sp³-hybridized carbons (Fsp3) is 0.507. The molecule has 0 spiro atoms. The number of ether oxygens (including phenoxy) is 6. The van der Waals surface area contributed by atoms with Crippen molar-refractivity contribution in [2.24, 2.45) is 35.2 Å². The van der Waals surface area contributed by atoms with Crippen LogP contribution in [0.3, 0.4) is 0 Å². The highest BCUT2D eigenvalue weighted by molar-refractivity contribution is 14.1. The molecule has 0 aliphatic carbocycles. The van der Waals surface area contributed by atoms with Gasteiger partial charge in [-0.15, -0.1) is 45.3 Å². The topological polar surface area (TPSA) is 401 Å². The highest BCUT2D eigenvalue weighted by Gasteiger charge is 2.46. The van der Waals surface area contributed by atoms with Gasteiger partial charge in [0.05, 0.1) is 120 Å². The molecule has 0 aliphatic heterocycles. The standard InChI is InChI=1S/C9H11F2NO2S.C9H14N2O2.C9H13NO2S.C8H11IN2O2.C8H12N2O2.C8H11NO2S.C7H12N2.C6H7F2NS.C6H9IN2.3CO2/c1-4-14-8(13)9(10,11)7-5(2)15-6(3)12-7;1-7-8(2)11(3)10-9(7)4-5-13-6-12;1-4-12-9(11)5-8-6(2)13-7(3)10-8;1-6-8(9)7(10-11(6)2)3-4-13-5-12;1-7-5-8(9-10(7)2)3-4-12-6-11;1-3-11-8(10)4-7-5-12-6(2)9-7;1-5-6(2)8-9(4)7(5)3;1-3-5(6(7)8)9-4(2)10-3;1-4-6(7)5(2)9(3)8-4;3*2-1-3/h4H2,1-3H3;6H,4-5H2,1-3H3;4-5H2,1-3H3;5H,3-4H2,1-2H3;5-6H,3-4H2,1-2H3;5H,3-4H2,1-2H3;1-4H3;6H,1-2H3;1-3H3;;;. The lowest BCUT2D eigenvalue weighted by Crippen LogP contribution is -2.29. The van der Waals surface area contributed by atoms with Crippen LogP contribution in [0.5, 0.6) is 0 Å². The number of carbonyl (C=O) groups is 6. The van der Waals surface area contributed by atoms with Gasteiger partial charge in [-0.2, -0.15) is 63.0 Å². The number of aromatic nitrogens is 14. The van der Waals surface area contributed by atoms with Gasteiger partial charge < -0.3 is 28.4 Å². The smallest absolute Gasteiger partial charge is 0.385 e. The molecule has 0 radical (unpaired) electrons. The number of esters is 3. The molecule has 9 aromatic heterocycles. The highest BCUT2D eigenvalue weighted by atomic mass is 127. The first-order valence-corrected chi connectivity index (χ1v) is 39.7. The molecule has 0 amide bonds. The van der Waals surface area contributed by atoms with E-state index in [4.69, 9.17) is 38.2 Å². The molecule has 0 fully saturated rings. The predicted molar refractivity (Wildman–Crippen MR) is 434 cm³/mol. The molecular formula is C73H100F4I2N14O18S4. The van der Waals surface area contributed by atoms with Crippen molar-refractivity contribution in [1.82, 2.24) is 68.8 Å². The summed E-state index contributed by atoms with van der Waals surface area (Å²) in [4.78, 5) is 129. The third-order valence-electron chi connectivity index (χ3n) is 14.9. The molecule has 42 heteroatoms. The number of rotatable bonds is 22. The van der Waals surface area contributed by atoms with Gasteiger partial charge in [-0.3, -0.25) is 47.4 Å². The Kier molecular flexibility index (Phi) is 57.6. The Morgan fingerprint density at radius 3 is 1.21 bits per heavy atom. The average molecular weight is 1920 g/mol. The maximum absolute atomic E-state index is 13.5. The van der Waals surface area contributed by atoms with Gasteiger partial charge in [-0.1, -0.05) is 0 Å². The van der Waals surface area contributed by atoms with Crippen molar-refractivity contribution < 1.29 is 104 Å². The molecule has 636 valence electrons. The summed E-state index contributed by atoms with van der Waals surface area (Å²) in [5.41, 5.74) is 14.7. The molecule has 115 heavy (non-hydrogen) atoms. The molecule has 9 aromatic rings. The zero-order valence-electron chi connectivity index (χ0n) is 68.8. The zero-order valence-corrected chi connectivity index (χ0v) is 76.3. The third kappa shape index (κ3) is 43.3. The lowest BCUT2D eigenvalue weighted by atomic mass is 10.2. The van der Waals surface area contributed by atoms with E-state index in [9.17, 15) is 46.3 Å². The Balaban J connectivity index is -0.00000121. The van der Waals surface area contributed by atoms with Crippen LogP contribution in [0.15, 0.2) is 11.4 Å². The van der Waals surface area contributed by atoms with Crippen LogP contribution in [0.2, 0.25) is 0 Å². The van der Waals surface area contributed by atoms with E-state index in [0.717, 1.165) is 86.7 Å². The number of thiazole rings is 4. The van der Waals surface area contributed by atoms with Crippen molar-refractivity contribution in [3.63, 3.8) is 0 Å². The van der Waals surface area contributed by atoms with Gasteiger partial charge >= 0.3 is 42.3 Å². The second-order valence-corrected chi connectivity index (χ2v) is 30.5. The summed E-state index contributed by atoms with van der Waals surface area (Å²) in [5.74, 6) is -5.60. The molecule has 9 heterocycles. The van der Waals surface area contributed by atoms with Crippen molar-refractivity contribution in [2.45, 2.75) is 176 Å². The Bertz CT molecular complexity index is 4320. The van der Waals surface area contributed by atoms with Crippen LogP contribution in [0.1, 0.15) is 153 Å². The number of carbonyl (C=O) groups excluding carboxylic acids is 12. The summed E-state index contributed by atoms with van der Waals surface area (Å²) >= 11 is 10.2. The van der Waals surface area contributed by atoms with Crippen LogP contribution >= 0.6 is 90.5 Å². The predicted octanol–water partition coefficient (Wildman–Crippen LogP) is 12.0. The first kappa shape index (κ1) is 110. The van der Waals surface area contributed by atoms with Gasteiger partial charge in [-0.25, -0.2) is 33.5 Å². The molecule has 0 bridgehead atoms. The molecule has 0 aromatic carbocycles. The van der Waals surface area contributed by atoms with Crippen molar-refractivity contribution in [3.05, 3.63) is 144 Å². The summed E-state index contributed by atoms with van der Waals surface area (Å²) in [7, 11) is 9.63. The van der Waals surface area contributed by atoms with E-state index < -0.39 is 24.0 Å². The van der Waals surface area contributed by atoms with Crippen molar-refractivity contribution >= 4 is 146 Å². The minimum absolute atomic E-state index is 0.0671. The van der Waals surface area contributed by atoms with Crippen molar-refractivity contribution in [3.8, 4) is 0 Å². The van der Waals surface area contributed by atoms with Gasteiger partial charge in [0, 0.05) is 103 Å².